The van der Waals surface area contributed by atoms with E-state index in [4.69, 9.17) is 5.11 Å². The first-order valence-corrected chi connectivity index (χ1v) is 10.5. The number of nitrogens with zero attached hydrogens (tertiary/aromatic N) is 1. The molecule has 3 rings (SSSR count). The largest absolute Gasteiger partial charge is 0.396 e. The first-order chi connectivity index (χ1) is 13.3. The van der Waals surface area contributed by atoms with Gasteiger partial charge >= 0.3 is 0 Å². The van der Waals surface area contributed by atoms with E-state index < -0.39 is 5.82 Å². The maximum Gasteiger partial charge on any atom is 0.260 e. The fourth-order valence-electron chi connectivity index (χ4n) is 2.88. The number of carbonyl (C=O) groups excluding carboxylic acids is 1. The SMILES string of the molecule is Cc1csc2c(C(=O)NCCCO)c(Nc3ccc(I)cc3F)n(C)c(=O)c12. The molecule has 0 aliphatic carbocycles. The lowest BCUT2D eigenvalue weighted by atomic mass is 10.1. The minimum absolute atomic E-state index is 0.0416. The Balaban J connectivity index is 2.19. The van der Waals surface area contributed by atoms with Gasteiger partial charge in [0.25, 0.3) is 11.5 Å². The number of aryl methyl sites for hydroxylation is 1. The zero-order valence-electron chi connectivity index (χ0n) is 15.3. The number of halogens is 2. The minimum atomic E-state index is -0.478. The van der Waals surface area contributed by atoms with Crippen molar-refractivity contribution in [3.8, 4) is 0 Å². The van der Waals surface area contributed by atoms with E-state index in [-0.39, 0.29) is 35.1 Å². The summed E-state index contributed by atoms with van der Waals surface area (Å²) in [7, 11) is 1.55. The molecule has 0 unspecified atom stereocenters. The number of carbonyl (C=O) groups is 1. The van der Waals surface area contributed by atoms with Gasteiger partial charge in [-0.3, -0.25) is 14.2 Å². The maximum atomic E-state index is 14.4. The van der Waals surface area contributed by atoms with E-state index in [0.29, 0.717) is 23.1 Å². The summed E-state index contributed by atoms with van der Waals surface area (Å²) >= 11 is 3.31. The van der Waals surface area contributed by atoms with E-state index in [0.717, 1.165) is 9.13 Å². The molecule has 2 heterocycles. The van der Waals surface area contributed by atoms with Crippen LogP contribution in [0, 0.1) is 16.3 Å². The van der Waals surface area contributed by atoms with Gasteiger partial charge in [0.05, 0.1) is 21.3 Å². The molecule has 0 fully saturated rings. The van der Waals surface area contributed by atoms with E-state index in [1.165, 1.54) is 22.0 Å². The third kappa shape index (κ3) is 3.91. The monoisotopic (exact) mass is 515 g/mol. The predicted molar refractivity (Wildman–Crippen MR) is 118 cm³/mol. The van der Waals surface area contributed by atoms with Crippen LogP contribution in [-0.2, 0) is 7.05 Å². The number of amides is 1. The minimum Gasteiger partial charge on any atom is -0.396 e. The Kier molecular flexibility index (Phi) is 6.36. The molecule has 6 nitrogen and oxygen atoms in total. The van der Waals surface area contributed by atoms with Crippen LogP contribution < -0.4 is 16.2 Å². The fourth-order valence-corrected chi connectivity index (χ4v) is 4.42. The lowest BCUT2D eigenvalue weighted by Crippen LogP contribution is -2.30. The number of pyridine rings is 1. The summed E-state index contributed by atoms with van der Waals surface area (Å²) in [6.07, 6.45) is 0.415. The zero-order chi connectivity index (χ0) is 20.4. The number of aliphatic hydroxyl groups is 1. The molecule has 3 aromatic rings. The molecule has 1 amide bonds. The average Bonchev–Trinajstić information content (AvgIpc) is 3.03. The molecule has 0 saturated heterocycles. The molecule has 1 aromatic carbocycles. The summed E-state index contributed by atoms with van der Waals surface area (Å²) in [5, 5.41) is 16.9. The predicted octanol–water partition coefficient (Wildman–Crippen LogP) is 3.51. The van der Waals surface area contributed by atoms with Gasteiger partial charge in [-0.05, 0) is 65.1 Å². The molecule has 0 radical (unpaired) electrons. The summed E-state index contributed by atoms with van der Waals surface area (Å²) in [5.41, 5.74) is 0.990. The van der Waals surface area contributed by atoms with Crippen molar-refractivity contribution >= 4 is 61.4 Å². The smallest absolute Gasteiger partial charge is 0.260 e. The summed E-state index contributed by atoms with van der Waals surface area (Å²) in [6, 6.07) is 4.67. The normalized spacial score (nSPS) is 11.0. The highest BCUT2D eigenvalue weighted by molar-refractivity contribution is 14.1. The second-order valence-electron chi connectivity index (χ2n) is 6.29. The second kappa shape index (κ2) is 8.58. The lowest BCUT2D eigenvalue weighted by Gasteiger charge is -2.17. The Hall–Kier alpha value is -1.98. The fraction of sp³-hybridized carbons (Fsp3) is 0.263. The molecular weight excluding hydrogens is 496 g/mol. The summed E-state index contributed by atoms with van der Waals surface area (Å²) in [4.78, 5) is 25.8. The highest BCUT2D eigenvalue weighted by Crippen LogP contribution is 2.32. The van der Waals surface area contributed by atoms with Crippen molar-refractivity contribution in [3.05, 3.63) is 54.4 Å². The van der Waals surface area contributed by atoms with Crippen LogP contribution in [0.1, 0.15) is 22.3 Å². The quantitative estimate of drug-likeness (QED) is 0.347. The Bertz CT molecular complexity index is 1110. The van der Waals surface area contributed by atoms with Crippen LogP contribution >= 0.6 is 33.9 Å². The number of hydrogen-bond acceptors (Lipinski definition) is 5. The molecule has 0 bridgehead atoms. The molecular formula is C19H19FIN3O3S. The number of nitrogens with one attached hydrogen (secondary N) is 2. The highest BCUT2D eigenvalue weighted by atomic mass is 127. The third-order valence-corrected chi connectivity index (χ3v) is 6.11. The summed E-state index contributed by atoms with van der Waals surface area (Å²) < 4.78 is 17.0. The van der Waals surface area contributed by atoms with Crippen molar-refractivity contribution in [2.24, 2.45) is 7.05 Å². The lowest BCUT2D eigenvalue weighted by molar-refractivity contribution is 0.0953. The molecule has 28 heavy (non-hydrogen) atoms. The standard InChI is InChI=1S/C19H19FIN3O3S/c1-10-9-28-16-14(10)19(27)24(2)17(15(16)18(26)22-6-3-7-25)23-13-5-4-11(21)8-12(13)20/h4-5,8-9,23,25H,3,6-7H2,1-2H3,(H,22,26). The Morgan fingerprint density at radius 2 is 2.14 bits per heavy atom. The van der Waals surface area contributed by atoms with Gasteiger partial charge in [-0.25, -0.2) is 4.39 Å². The van der Waals surface area contributed by atoms with Crippen LogP contribution in [0.15, 0.2) is 28.4 Å². The van der Waals surface area contributed by atoms with Crippen molar-refractivity contribution in [1.29, 1.82) is 0 Å². The van der Waals surface area contributed by atoms with Crippen LogP contribution in [0.4, 0.5) is 15.9 Å². The van der Waals surface area contributed by atoms with Crippen LogP contribution in [0.3, 0.4) is 0 Å². The second-order valence-corrected chi connectivity index (χ2v) is 8.42. The van der Waals surface area contributed by atoms with Gasteiger partial charge in [-0.1, -0.05) is 0 Å². The van der Waals surface area contributed by atoms with Crippen LogP contribution in [0.25, 0.3) is 10.1 Å². The Morgan fingerprint density at radius 3 is 2.82 bits per heavy atom. The third-order valence-electron chi connectivity index (χ3n) is 4.32. The van der Waals surface area contributed by atoms with Gasteiger partial charge in [-0.2, -0.15) is 0 Å². The number of benzene rings is 1. The molecule has 2 aromatic heterocycles. The summed E-state index contributed by atoms with van der Waals surface area (Å²) in [5.74, 6) is -0.640. The number of aliphatic hydroxyl groups excluding tert-OH is 1. The van der Waals surface area contributed by atoms with Gasteiger partial charge in [0.15, 0.2) is 0 Å². The van der Waals surface area contributed by atoms with E-state index in [1.807, 2.05) is 34.9 Å². The molecule has 148 valence electrons. The van der Waals surface area contributed by atoms with Crippen molar-refractivity contribution in [2.75, 3.05) is 18.5 Å². The van der Waals surface area contributed by atoms with Gasteiger partial charge in [0.1, 0.15) is 11.6 Å². The number of anilines is 2. The number of hydrogen-bond donors (Lipinski definition) is 3. The van der Waals surface area contributed by atoms with Crippen molar-refractivity contribution < 1.29 is 14.3 Å². The number of fused-ring (bicyclic) bond motifs is 1. The molecule has 0 spiro atoms. The molecule has 0 saturated carbocycles. The number of aromatic nitrogens is 1. The first-order valence-electron chi connectivity index (χ1n) is 8.57. The highest BCUT2D eigenvalue weighted by Gasteiger charge is 2.23. The van der Waals surface area contributed by atoms with E-state index in [2.05, 4.69) is 10.6 Å². The van der Waals surface area contributed by atoms with Crippen molar-refractivity contribution in [2.45, 2.75) is 13.3 Å². The molecule has 0 aliphatic rings. The molecule has 9 heteroatoms. The van der Waals surface area contributed by atoms with Crippen LogP contribution in [0.2, 0.25) is 0 Å². The van der Waals surface area contributed by atoms with E-state index >= 15 is 0 Å². The van der Waals surface area contributed by atoms with Crippen molar-refractivity contribution in [1.82, 2.24) is 9.88 Å². The molecule has 0 aliphatic heterocycles. The van der Waals surface area contributed by atoms with Crippen LogP contribution in [-0.4, -0.2) is 28.7 Å². The van der Waals surface area contributed by atoms with Gasteiger partial charge in [0, 0.05) is 23.8 Å². The topological polar surface area (TPSA) is 83.4 Å². The van der Waals surface area contributed by atoms with Gasteiger partial charge in [0.2, 0.25) is 0 Å². The first kappa shape index (κ1) is 20.7. The molecule has 0 atom stereocenters. The summed E-state index contributed by atoms with van der Waals surface area (Å²) in [6.45, 7) is 2.07. The van der Waals surface area contributed by atoms with Crippen molar-refractivity contribution in [3.63, 3.8) is 0 Å². The maximum absolute atomic E-state index is 14.4. The Morgan fingerprint density at radius 1 is 1.39 bits per heavy atom. The van der Waals surface area contributed by atoms with Crippen LogP contribution in [0.5, 0.6) is 0 Å². The van der Waals surface area contributed by atoms with Gasteiger partial charge < -0.3 is 15.7 Å². The van der Waals surface area contributed by atoms with E-state index in [1.54, 1.807) is 19.2 Å². The van der Waals surface area contributed by atoms with Gasteiger partial charge in [-0.15, -0.1) is 11.3 Å². The number of thiophene rings is 1. The average molecular weight is 515 g/mol. The molecule has 3 N–H and O–H groups in total. The van der Waals surface area contributed by atoms with E-state index in [9.17, 15) is 14.0 Å². The zero-order valence-corrected chi connectivity index (χ0v) is 18.3. The Labute approximate surface area is 178 Å². The number of rotatable bonds is 6.